The summed E-state index contributed by atoms with van der Waals surface area (Å²) in [7, 11) is 0. The van der Waals surface area contributed by atoms with Gasteiger partial charge in [0.05, 0.1) is 6.21 Å². The predicted molar refractivity (Wildman–Crippen MR) is 41.4 cm³/mol. The van der Waals surface area contributed by atoms with Gasteiger partial charge in [-0.05, 0) is 31.3 Å². The van der Waals surface area contributed by atoms with E-state index in [0.29, 0.717) is 0 Å². The van der Waals surface area contributed by atoms with E-state index in [4.69, 9.17) is 5.21 Å². The highest BCUT2D eigenvalue weighted by atomic mass is 16.4. The molecular weight excluding hydrogens is 126 g/mol. The lowest BCUT2D eigenvalue weighted by molar-refractivity contribution is 0.321. The van der Waals surface area contributed by atoms with Gasteiger partial charge in [0.2, 0.25) is 0 Å². The second-order valence-corrected chi connectivity index (χ2v) is 2.62. The van der Waals surface area contributed by atoms with Gasteiger partial charge >= 0.3 is 0 Å². The zero-order valence-electron chi connectivity index (χ0n) is 6.08. The molecule has 1 rings (SSSR count). The van der Waals surface area contributed by atoms with Crippen LogP contribution < -0.4 is 0 Å². The van der Waals surface area contributed by atoms with E-state index in [1.165, 1.54) is 24.8 Å². The van der Waals surface area contributed by atoms with Gasteiger partial charge in [-0.2, -0.15) is 0 Å². The molecule has 1 aliphatic rings. The van der Waals surface area contributed by atoms with Crippen molar-refractivity contribution in [3.05, 3.63) is 11.6 Å². The minimum Gasteiger partial charge on any atom is -0.411 e. The molecule has 56 valence electrons. The Kier molecular flexibility index (Phi) is 3.00. The average Bonchev–Trinajstić information content (AvgIpc) is 2.17. The Hall–Kier alpha value is -0.790. The fourth-order valence-corrected chi connectivity index (χ4v) is 1.23. The molecule has 0 amide bonds. The lowest BCUT2D eigenvalue weighted by atomic mass is 10.1. The van der Waals surface area contributed by atoms with Gasteiger partial charge in [0, 0.05) is 0 Å². The van der Waals surface area contributed by atoms with E-state index in [9.17, 15) is 0 Å². The molecule has 0 aliphatic heterocycles. The monoisotopic (exact) mass is 139 g/mol. The quantitative estimate of drug-likeness (QED) is 0.337. The molecule has 0 spiro atoms. The smallest absolute Gasteiger partial charge is 0.0690 e. The minimum absolute atomic E-state index is 1.07. The van der Waals surface area contributed by atoms with Gasteiger partial charge < -0.3 is 5.21 Å². The van der Waals surface area contributed by atoms with E-state index < -0.39 is 0 Å². The summed E-state index contributed by atoms with van der Waals surface area (Å²) in [6, 6.07) is 0. The zero-order chi connectivity index (χ0) is 7.23. The van der Waals surface area contributed by atoms with E-state index in [-0.39, 0.29) is 0 Å². The molecular formula is C8H13NO. The molecule has 0 radical (unpaired) electrons. The van der Waals surface area contributed by atoms with Crippen LogP contribution in [0, 0.1) is 0 Å². The maximum Gasteiger partial charge on any atom is 0.0690 e. The SMILES string of the molecule is O/N=C/C1=CCCCCC1. The lowest BCUT2D eigenvalue weighted by Crippen LogP contribution is -1.82. The van der Waals surface area contributed by atoms with Crippen LogP contribution in [0.15, 0.2) is 16.8 Å². The number of hydrogen-bond donors (Lipinski definition) is 1. The van der Waals surface area contributed by atoms with Gasteiger partial charge in [-0.3, -0.25) is 0 Å². The molecule has 0 saturated heterocycles. The zero-order valence-corrected chi connectivity index (χ0v) is 6.08. The summed E-state index contributed by atoms with van der Waals surface area (Å²) in [5, 5.41) is 11.2. The van der Waals surface area contributed by atoms with E-state index >= 15 is 0 Å². The van der Waals surface area contributed by atoms with Crippen molar-refractivity contribution in [1.29, 1.82) is 0 Å². The van der Waals surface area contributed by atoms with Crippen LogP contribution in [0.5, 0.6) is 0 Å². The standard InChI is InChI=1S/C8H13NO/c10-9-7-8-5-3-1-2-4-6-8/h5,7,10H,1-4,6H2/b9-7+. The Bertz CT molecular complexity index is 149. The molecule has 2 heteroatoms. The predicted octanol–water partition coefficient (Wildman–Crippen LogP) is 2.34. The molecule has 0 heterocycles. The van der Waals surface area contributed by atoms with Crippen LogP contribution in [0.1, 0.15) is 32.1 Å². The van der Waals surface area contributed by atoms with Crippen molar-refractivity contribution in [2.75, 3.05) is 0 Å². The third-order valence-corrected chi connectivity index (χ3v) is 1.80. The first-order chi connectivity index (χ1) is 4.93. The van der Waals surface area contributed by atoms with Crippen LogP contribution in [-0.4, -0.2) is 11.4 Å². The Morgan fingerprint density at radius 2 is 2.30 bits per heavy atom. The second-order valence-electron chi connectivity index (χ2n) is 2.62. The first kappa shape index (κ1) is 7.32. The molecule has 1 N–H and O–H groups in total. The van der Waals surface area contributed by atoms with Crippen molar-refractivity contribution in [2.24, 2.45) is 5.16 Å². The summed E-state index contributed by atoms with van der Waals surface area (Å²) < 4.78 is 0. The van der Waals surface area contributed by atoms with Crippen LogP contribution in [0.2, 0.25) is 0 Å². The Morgan fingerprint density at radius 1 is 1.40 bits per heavy atom. The molecule has 0 aromatic carbocycles. The summed E-state index contributed by atoms with van der Waals surface area (Å²) >= 11 is 0. The highest BCUT2D eigenvalue weighted by Crippen LogP contribution is 2.15. The van der Waals surface area contributed by atoms with Crippen molar-refractivity contribution < 1.29 is 5.21 Å². The molecule has 0 fully saturated rings. The summed E-state index contributed by atoms with van der Waals surface area (Å²) in [4.78, 5) is 0. The normalized spacial score (nSPS) is 20.6. The van der Waals surface area contributed by atoms with Crippen molar-refractivity contribution in [3.63, 3.8) is 0 Å². The van der Waals surface area contributed by atoms with Crippen LogP contribution in [0.3, 0.4) is 0 Å². The van der Waals surface area contributed by atoms with Gasteiger partial charge in [0.15, 0.2) is 0 Å². The fourth-order valence-electron chi connectivity index (χ4n) is 1.23. The minimum atomic E-state index is 1.07. The van der Waals surface area contributed by atoms with E-state index in [1.54, 1.807) is 6.21 Å². The van der Waals surface area contributed by atoms with E-state index in [0.717, 1.165) is 12.8 Å². The summed E-state index contributed by atoms with van der Waals surface area (Å²) in [5.74, 6) is 0. The van der Waals surface area contributed by atoms with Crippen molar-refractivity contribution in [3.8, 4) is 0 Å². The number of nitrogens with zero attached hydrogens (tertiary/aromatic N) is 1. The van der Waals surface area contributed by atoms with Gasteiger partial charge in [0.1, 0.15) is 0 Å². The molecule has 0 bridgehead atoms. The first-order valence-electron chi connectivity index (χ1n) is 3.80. The molecule has 0 atom stereocenters. The van der Waals surface area contributed by atoms with Gasteiger partial charge in [-0.15, -0.1) is 0 Å². The lowest BCUT2D eigenvalue weighted by Gasteiger charge is -1.93. The van der Waals surface area contributed by atoms with Gasteiger partial charge in [-0.25, -0.2) is 0 Å². The van der Waals surface area contributed by atoms with Gasteiger partial charge in [0.25, 0.3) is 0 Å². The fraction of sp³-hybridized carbons (Fsp3) is 0.625. The van der Waals surface area contributed by atoms with Crippen LogP contribution in [0.4, 0.5) is 0 Å². The topological polar surface area (TPSA) is 32.6 Å². The third-order valence-electron chi connectivity index (χ3n) is 1.80. The highest BCUT2D eigenvalue weighted by Gasteiger charge is 1.98. The number of allylic oxidation sites excluding steroid dienone is 2. The highest BCUT2D eigenvalue weighted by molar-refractivity contribution is 5.77. The van der Waals surface area contributed by atoms with Crippen LogP contribution in [-0.2, 0) is 0 Å². The number of rotatable bonds is 1. The first-order valence-corrected chi connectivity index (χ1v) is 3.80. The Labute approximate surface area is 61.2 Å². The molecule has 1 aliphatic carbocycles. The van der Waals surface area contributed by atoms with E-state index in [2.05, 4.69) is 11.2 Å². The third kappa shape index (κ3) is 2.21. The Balaban J connectivity index is 2.46. The molecule has 0 unspecified atom stereocenters. The average molecular weight is 139 g/mol. The van der Waals surface area contributed by atoms with Crippen molar-refractivity contribution in [2.45, 2.75) is 32.1 Å². The summed E-state index contributed by atoms with van der Waals surface area (Å²) in [6.45, 7) is 0. The van der Waals surface area contributed by atoms with Crippen molar-refractivity contribution >= 4 is 6.21 Å². The summed E-state index contributed by atoms with van der Waals surface area (Å²) in [6.07, 6.45) is 9.74. The number of hydrogen-bond acceptors (Lipinski definition) is 2. The number of oxime groups is 1. The molecule has 10 heavy (non-hydrogen) atoms. The maximum atomic E-state index is 8.24. The largest absolute Gasteiger partial charge is 0.411 e. The van der Waals surface area contributed by atoms with Crippen molar-refractivity contribution in [1.82, 2.24) is 0 Å². The maximum absolute atomic E-state index is 8.24. The molecule has 0 aromatic heterocycles. The molecule has 0 saturated carbocycles. The Morgan fingerprint density at radius 3 is 3.10 bits per heavy atom. The molecule has 2 nitrogen and oxygen atoms in total. The molecule has 0 aromatic rings. The van der Waals surface area contributed by atoms with E-state index in [1.807, 2.05) is 0 Å². The van der Waals surface area contributed by atoms with Crippen LogP contribution in [0.25, 0.3) is 0 Å². The second kappa shape index (κ2) is 4.09. The van der Waals surface area contributed by atoms with Gasteiger partial charge in [-0.1, -0.05) is 17.7 Å². The van der Waals surface area contributed by atoms with Crippen LogP contribution >= 0.6 is 0 Å². The summed E-state index contributed by atoms with van der Waals surface area (Å²) in [5.41, 5.74) is 1.18.